The summed E-state index contributed by atoms with van der Waals surface area (Å²) in [5.74, 6) is 1.45. The van der Waals surface area contributed by atoms with Crippen molar-refractivity contribution in [2.24, 2.45) is 0 Å². The Bertz CT molecular complexity index is 933. The molecule has 1 aliphatic rings. The van der Waals surface area contributed by atoms with Gasteiger partial charge in [0.1, 0.15) is 23.8 Å². The second kappa shape index (κ2) is 9.07. The van der Waals surface area contributed by atoms with Crippen molar-refractivity contribution in [1.29, 1.82) is 0 Å². The van der Waals surface area contributed by atoms with E-state index in [1.807, 2.05) is 71.9 Å². The molecule has 0 fully saturated rings. The Morgan fingerprint density at radius 1 is 1.21 bits per heavy atom. The van der Waals surface area contributed by atoms with Crippen LogP contribution >= 0.6 is 11.3 Å². The fourth-order valence-corrected chi connectivity index (χ4v) is 4.04. The van der Waals surface area contributed by atoms with Crippen LogP contribution in [0, 0.1) is 0 Å². The number of hydrogen-bond acceptors (Lipinski definition) is 6. The van der Waals surface area contributed by atoms with E-state index in [4.69, 9.17) is 9.47 Å². The van der Waals surface area contributed by atoms with Crippen molar-refractivity contribution in [3.8, 4) is 11.5 Å². The highest BCUT2D eigenvalue weighted by molar-refractivity contribution is 7.09. The number of thiazole rings is 1. The number of carbonyl (C=O) groups is 1. The smallest absolute Gasteiger partial charge is 0.235 e. The second-order valence-corrected chi connectivity index (χ2v) is 7.90. The van der Waals surface area contributed by atoms with E-state index >= 15 is 0 Å². The van der Waals surface area contributed by atoms with Gasteiger partial charge in [-0.25, -0.2) is 4.98 Å². The Morgan fingerprint density at radius 2 is 1.97 bits per heavy atom. The zero-order valence-corrected chi connectivity index (χ0v) is 17.0. The molecule has 1 aliphatic heterocycles. The van der Waals surface area contributed by atoms with Crippen molar-refractivity contribution in [2.75, 3.05) is 26.7 Å². The number of nitrogens with one attached hydrogen (secondary N) is 1. The van der Waals surface area contributed by atoms with Crippen molar-refractivity contribution in [3.63, 3.8) is 0 Å². The van der Waals surface area contributed by atoms with Crippen LogP contribution in [0.5, 0.6) is 11.5 Å². The average molecular weight is 410 g/mol. The molecule has 2 heterocycles. The summed E-state index contributed by atoms with van der Waals surface area (Å²) in [6.45, 7) is 1.32. The van der Waals surface area contributed by atoms with E-state index in [9.17, 15) is 4.79 Å². The second-order valence-electron chi connectivity index (χ2n) is 6.98. The van der Waals surface area contributed by atoms with E-state index in [0.29, 0.717) is 13.2 Å². The predicted molar refractivity (Wildman–Crippen MR) is 112 cm³/mol. The molecule has 29 heavy (non-hydrogen) atoms. The molecule has 2 aromatic carbocycles. The number of likely N-dealkylation sites (N-methyl/N-ethyl adjacent to an activating group) is 1. The van der Waals surface area contributed by atoms with E-state index in [-0.39, 0.29) is 24.6 Å². The summed E-state index contributed by atoms with van der Waals surface area (Å²) in [7, 11) is 1.91. The molecule has 150 valence electrons. The van der Waals surface area contributed by atoms with Crippen LogP contribution in [-0.4, -0.2) is 48.6 Å². The number of aromatic nitrogens is 1. The minimum atomic E-state index is -0.252. The molecule has 1 N–H and O–H groups in total. The van der Waals surface area contributed by atoms with E-state index < -0.39 is 0 Å². The molecule has 0 saturated heterocycles. The van der Waals surface area contributed by atoms with Gasteiger partial charge < -0.3 is 14.8 Å². The molecule has 0 saturated carbocycles. The molecule has 2 atom stereocenters. The number of amides is 1. The summed E-state index contributed by atoms with van der Waals surface area (Å²) >= 11 is 1.53. The first-order chi connectivity index (χ1) is 14.2. The van der Waals surface area contributed by atoms with Gasteiger partial charge in [0.15, 0.2) is 11.5 Å². The quantitative estimate of drug-likeness (QED) is 0.650. The standard InChI is InChI=1S/C22H23N3O3S/c1-25(13-17-15-27-18-9-5-6-10-19(18)28-17)14-20(26)24-21(22-23-11-12-29-22)16-7-3-2-4-8-16/h2-12,17,21H,13-15H2,1H3,(H,24,26). The number of hydrogen-bond donors (Lipinski definition) is 1. The van der Waals surface area contributed by atoms with Crippen LogP contribution in [0.1, 0.15) is 16.6 Å². The zero-order chi connectivity index (χ0) is 20.1. The van der Waals surface area contributed by atoms with Gasteiger partial charge in [0.25, 0.3) is 0 Å². The third-order valence-corrected chi connectivity index (χ3v) is 5.47. The van der Waals surface area contributed by atoms with Crippen LogP contribution in [0.4, 0.5) is 0 Å². The highest BCUT2D eigenvalue weighted by atomic mass is 32.1. The SMILES string of the molecule is CN(CC(=O)NC(c1ccccc1)c1nccs1)CC1COc2ccccc2O1. The minimum Gasteiger partial charge on any atom is -0.486 e. The lowest BCUT2D eigenvalue weighted by Gasteiger charge is -2.29. The number of para-hydroxylation sites is 2. The van der Waals surface area contributed by atoms with Gasteiger partial charge in [-0.15, -0.1) is 11.3 Å². The molecule has 1 aromatic heterocycles. The molecule has 0 spiro atoms. The van der Waals surface area contributed by atoms with E-state index in [1.54, 1.807) is 6.20 Å². The largest absolute Gasteiger partial charge is 0.486 e. The fourth-order valence-electron chi connectivity index (χ4n) is 3.33. The van der Waals surface area contributed by atoms with Gasteiger partial charge in [-0.05, 0) is 24.7 Å². The van der Waals surface area contributed by atoms with Crippen molar-refractivity contribution >= 4 is 17.2 Å². The van der Waals surface area contributed by atoms with Crippen LogP contribution in [0.3, 0.4) is 0 Å². The monoisotopic (exact) mass is 409 g/mol. The normalized spacial score (nSPS) is 16.4. The van der Waals surface area contributed by atoms with Crippen LogP contribution in [0.2, 0.25) is 0 Å². The lowest BCUT2D eigenvalue weighted by molar-refractivity contribution is -0.122. The van der Waals surface area contributed by atoms with Gasteiger partial charge >= 0.3 is 0 Å². The number of rotatable bonds is 7. The van der Waals surface area contributed by atoms with Crippen molar-refractivity contribution in [3.05, 3.63) is 76.7 Å². The predicted octanol–water partition coefficient (Wildman–Crippen LogP) is 3.12. The molecule has 2 unspecified atom stereocenters. The summed E-state index contributed by atoms with van der Waals surface area (Å²) in [5.41, 5.74) is 1.01. The highest BCUT2D eigenvalue weighted by Crippen LogP contribution is 2.31. The van der Waals surface area contributed by atoms with E-state index in [1.165, 1.54) is 11.3 Å². The molecule has 0 bridgehead atoms. The van der Waals surface area contributed by atoms with Crippen LogP contribution < -0.4 is 14.8 Å². The first-order valence-electron chi connectivity index (χ1n) is 9.50. The Morgan fingerprint density at radius 3 is 2.72 bits per heavy atom. The lowest BCUT2D eigenvalue weighted by Crippen LogP contribution is -2.44. The number of ether oxygens (including phenoxy) is 2. The fraction of sp³-hybridized carbons (Fsp3) is 0.273. The number of benzene rings is 2. The summed E-state index contributed by atoms with van der Waals surface area (Å²) in [6, 6.07) is 17.3. The maximum Gasteiger partial charge on any atom is 0.235 e. The first kappa shape index (κ1) is 19.4. The molecule has 7 heteroatoms. The number of nitrogens with zero attached hydrogens (tertiary/aromatic N) is 2. The third-order valence-electron chi connectivity index (χ3n) is 4.63. The van der Waals surface area contributed by atoms with Gasteiger partial charge in [0.2, 0.25) is 5.91 Å². The summed E-state index contributed by atoms with van der Waals surface area (Å²) < 4.78 is 11.7. The Labute approximate surface area is 174 Å². The Kier molecular flexibility index (Phi) is 6.07. The molecule has 1 amide bonds. The first-order valence-corrected chi connectivity index (χ1v) is 10.4. The number of carbonyl (C=O) groups excluding carboxylic acids is 1. The molecule has 0 radical (unpaired) electrons. The van der Waals surface area contributed by atoms with Gasteiger partial charge in [0, 0.05) is 18.1 Å². The topological polar surface area (TPSA) is 63.7 Å². The van der Waals surface area contributed by atoms with Crippen LogP contribution in [0.25, 0.3) is 0 Å². The molecular weight excluding hydrogens is 386 g/mol. The average Bonchev–Trinajstić information content (AvgIpc) is 3.27. The van der Waals surface area contributed by atoms with Crippen molar-refractivity contribution < 1.29 is 14.3 Å². The zero-order valence-electron chi connectivity index (χ0n) is 16.2. The van der Waals surface area contributed by atoms with Crippen LogP contribution in [-0.2, 0) is 4.79 Å². The van der Waals surface area contributed by atoms with Gasteiger partial charge in [-0.1, -0.05) is 42.5 Å². The minimum absolute atomic E-state index is 0.0614. The van der Waals surface area contributed by atoms with Crippen molar-refractivity contribution in [1.82, 2.24) is 15.2 Å². The Hall–Kier alpha value is -2.90. The van der Waals surface area contributed by atoms with Crippen molar-refractivity contribution in [2.45, 2.75) is 12.1 Å². The number of fused-ring (bicyclic) bond motifs is 1. The third kappa shape index (κ3) is 4.93. The van der Waals surface area contributed by atoms with E-state index in [0.717, 1.165) is 22.1 Å². The molecule has 6 nitrogen and oxygen atoms in total. The molecule has 0 aliphatic carbocycles. The van der Waals surface area contributed by atoms with Gasteiger partial charge in [-0.2, -0.15) is 0 Å². The van der Waals surface area contributed by atoms with Crippen LogP contribution in [0.15, 0.2) is 66.2 Å². The Balaban J connectivity index is 1.35. The molecule has 3 aromatic rings. The molecule has 4 rings (SSSR count). The van der Waals surface area contributed by atoms with Gasteiger partial charge in [0.05, 0.1) is 6.54 Å². The maximum absolute atomic E-state index is 12.7. The van der Waals surface area contributed by atoms with E-state index in [2.05, 4.69) is 10.3 Å². The summed E-state index contributed by atoms with van der Waals surface area (Å²) in [6.07, 6.45) is 1.64. The maximum atomic E-state index is 12.7. The lowest BCUT2D eigenvalue weighted by atomic mass is 10.1. The highest BCUT2D eigenvalue weighted by Gasteiger charge is 2.24. The summed E-state index contributed by atoms with van der Waals surface area (Å²) in [4.78, 5) is 19.1. The van der Waals surface area contributed by atoms with Gasteiger partial charge in [-0.3, -0.25) is 9.69 Å². The summed E-state index contributed by atoms with van der Waals surface area (Å²) in [5, 5.41) is 5.90. The molecular formula is C22H23N3O3S.